The highest BCUT2D eigenvalue weighted by molar-refractivity contribution is 7.80. The van der Waals surface area contributed by atoms with E-state index in [9.17, 15) is 10.1 Å². The third-order valence-corrected chi connectivity index (χ3v) is 3.73. The molecule has 0 aliphatic rings. The van der Waals surface area contributed by atoms with Gasteiger partial charge in [0.25, 0.3) is 5.69 Å². The second kappa shape index (κ2) is 9.10. The van der Waals surface area contributed by atoms with Crippen molar-refractivity contribution in [3.05, 3.63) is 68.7 Å². The number of halogens is 1. The molecule has 6 nitrogen and oxygen atoms in total. The van der Waals surface area contributed by atoms with E-state index in [-0.39, 0.29) is 17.2 Å². The van der Waals surface area contributed by atoms with E-state index in [1.807, 2.05) is 24.3 Å². The summed E-state index contributed by atoms with van der Waals surface area (Å²) in [6, 6.07) is 12.4. The molecule has 130 valence electrons. The lowest BCUT2D eigenvalue weighted by Gasteiger charge is -2.08. The Morgan fingerprint density at radius 1 is 1.32 bits per heavy atom. The smallest absolute Gasteiger partial charge is 0.292 e. The number of nitrogens with zero attached hydrogens (tertiary/aromatic N) is 2. The molecule has 25 heavy (non-hydrogen) atoms. The summed E-state index contributed by atoms with van der Waals surface area (Å²) in [7, 11) is 0. The average Bonchev–Trinajstić information content (AvgIpc) is 2.57. The van der Waals surface area contributed by atoms with Gasteiger partial charge in [-0.05, 0) is 35.7 Å². The van der Waals surface area contributed by atoms with Crippen LogP contribution in [0.15, 0.2) is 47.5 Å². The van der Waals surface area contributed by atoms with Gasteiger partial charge in [-0.15, -0.1) is 0 Å². The first-order valence-electron chi connectivity index (χ1n) is 7.50. The van der Waals surface area contributed by atoms with E-state index in [0.29, 0.717) is 22.8 Å². The van der Waals surface area contributed by atoms with Crippen LogP contribution < -0.4 is 11.1 Å². The van der Waals surface area contributed by atoms with E-state index in [4.69, 9.17) is 29.6 Å². The Kier molecular flexibility index (Phi) is 6.85. The number of nitro groups is 1. The van der Waals surface area contributed by atoms with Gasteiger partial charge >= 0.3 is 0 Å². The monoisotopic (exact) mass is 376 g/mol. The number of thiocarbonyl (C=S) groups is 1. The predicted molar refractivity (Wildman–Crippen MR) is 106 cm³/mol. The normalized spacial score (nSPS) is 10.8. The Hall–Kier alpha value is -2.51. The minimum absolute atomic E-state index is 0.00428. The van der Waals surface area contributed by atoms with Crippen LogP contribution in [0.5, 0.6) is 0 Å². The zero-order valence-corrected chi connectivity index (χ0v) is 14.9. The van der Waals surface area contributed by atoms with Crippen molar-refractivity contribution >= 4 is 46.4 Å². The van der Waals surface area contributed by atoms with Crippen LogP contribution in [-0.4, -0.2) is 29.2 Å². The molecular weight excluding hydrogens is 360 g/mol. The van der Waals surface area contributed by atoms with Crippen LogP contribution in [0.3, 0.4) is 0 Å². The molecule has 3 N–H and O–H groups in total. The molecule has 0 aromatic heterocycles. The molecular formula is C17H17ClN4O2S. The fraction of sp³-hybridized carbons (Fsp3) is 0.176. The topological polar surface area (TPSA) is 93.5 Å². The first kappa shape index (κ1) is 18.8. The van der Waals surface area contributed by atoms with Gasteiger partial charge in [0.05, 0.1) is 16.5 Å². The molecule has 0 heterocycles. The number of aliphatic imine (C=N–C) groups is 1. The number of hydrogen-bond donors (Lipinski definition) is 2. The van der Waals surface area contributed by atoms with Crippen molar-refractivity contribution in [2.45, 2.75) is 6.42 Å². The first-order valence-corrected chi connectivity index (χ1v) is 8.29. The minimum Gasteiger partial charge on any atom is -0.392 e. The van der Waals surface area contributed by atoms with Crippen LogP contribution in [0.4, 0.5) is 11.4 Å². The van der Waals surface area contributed by atoms with E-state index in [2.05, 4.69) is 10.3 Å². The summed E-state index contributed by atoms with van der Waals surface area (Å²) < 4.78 is 0. The van der Waals surface area contributed by atoms with Crippen molar-refractivity contribution in [3.8, 4) is 0 Å². The summed E-state index contributed by atoms with van der Waals surface area (Å²) in [6.45, 7) is 0.779. The summed E-state index contributed by atoms with van der Waals surface area (Å²) >= 11 is 10.6. The molecule has 0 fully saturated rings. The molecule has 2 aromatic rings. The fourth-order valence-electron chi connectivity index (χ4n) is 2.16. The molecule has 0 aliphatic carbocycles. The van der Waals surface area contributed by atoms with Gasteiger partial charge in [0.1, 0.15) is 5.69 Å². The number of hydrogen-bond acceptors (Lipinski definition) is 5. The molecule has 0 spiro atoms. The number of nitro benzene ring substituents is 1. The maximum Gasteiger partial charge on any atom is 0.292 e. The third-order valence-electron chi connectivity index (χ3n) is 3.35. The quantitative estimate of drug-likeness (QED) is 0.317. The van der Waals surface area contributed by atoms with Crippen molar-refractivity contribution in [1.82, 2.24) is 0 Å². The van der Waals surface area contributed by atoms with Gasteiger partial charge in [0.2, 0.25) is 0 Å². The molecule has 0 saturated carbocycles. The number of nitrogens with one attached hydrogen (secondary N) is 1. The molecule has 8 heteroatoms. The highest BCUT2D eigenvalue weighted by Crippen LogP contribution is 2.25. The van der Waals surface area contributed by atoms with Gasteiger partial charge in [-0.3, -0.25) is 15.1 Å². The van der Waals surface area contributed by atoms with Crippen LogP contribution in [0.25, 0.3) is 0 Å². The number of benzene rings is 2. The van der Waals surface area contributed by atoms with Crippen molar-refractivity contribution in [2.24, 2.45) is 10.7 Å². The highest BCUT2D eigenvalue weighted by atomic mass is 35.5. The van der Waals surface area contributed by atoms with Crippen LogP contribution >= 0.6 is 23.8 Å². The van der Waals surface area contributed by atoms with Gasteiger partial charge < -0.3 is 11.1 Å². The maximum atomic E-state index is 11.3. The third kappa shape index (κ3) is 6.13. The zero-order chi connectivity index (χ0) is 18.2. The standard InChI is InChI=1S/C17H17ClN4O2S/c18-14-4-1-12(2-5-14)7-8-21-15-6-3-13(9-16(15)22(23)24)10-20-11-17(19)25/h1-6,9-10,21H,7-8,11H2,(H2,19,25). The Balaban J connectivity index is 2.04. The molecule has 0 saturated heterocycles. The number of rotatable bonds is 8. The first-order chi connectivity index (χ1) is 12.0. The predicted octanol–water partition coefficient (Wildman–Crippen LogP) is 3.61. The number of anilines is 1. The molecule has 0 amide bonds. The summed E-state index contributed by atoms with van der Waals surface area (Å²) in [4.78, 5) is 15.2. The van der Waals surface area contributed by atoms with Gasteiger partial charge in [0, 0.05) is 23.8 Å². The second-order valence-corrected chi connectivity index (χ2v) is 6.23. The van der Waals surface area contributed by atoms with E-state index < -0.39 is 4.92 Å². The summed E-state index contributed by atoms with van der Waals surface area (Å²) in [6.07, 6.45) is 2.25. The van der Waals surface area contributed by atoms with Crippen molar-refractivity contribution in [2.75, 3.05) is 18.4 Å². The van der Waals surface area contributed by atoms with Crippen molar-refractivity contribution in [3.63, 3.8) is 0 Å². The fourth-order valence-corrected chi connectivity index (χ4v) is 2.36. The van der Waals surface area contributed by atoms with E-state index in [0.717, 1.165) is 12.0 Å². The Morgan fingerprint density at radius 3 is 2.68 bits per heavy atom. The molecule has 0 radical (unpaired) electrons. The molecule has 0 aliphatic heterocycles. The van der Waals surface area contributed by atoms with E-state index >= 15 is 0 Å². The molecule has 0 atom stereocenters. The van der Waals surface area contributed by atoms with E-state index in [1.54, 1.807) is 12.1 Å². The van der Waals surface area contributed by atoms with Crippen LogP contribution in [-0.2, 0) is 6.42 Å². The van der Waals surface area contributed by atoms with Gasteiger partial charge in [-0.2, -0.15) is 0 Å². The minimum atomic E-state index is -0.421. The van der Waals surface area contributed by atoms with Gasteiger partial charge in [-0.1, -0.05) is 42.0 Å². The molecule has 2 rings (SSSR count). The molecule has 2 aromatic carbocycles. The number of nitrogens with two attached hydrogens (primary N) is 1. The maximum absolute atomic E-state index is 11.3. The van der Waals surface area contributed by atoms with Crippen LogP contribution in [0, 0.1) is 10.1 Å². The summed E-state index contributed by atoms with van der Waals surface area (Å²) in [5, 5.41) is 15.1. The summed E-state index contributed by atoms with van der Waals surface area (Å²) in [5.74, 6) is 0. The van der Waals surface area contributed by atoms with Crippen molar-refractivity contribution in [1.29, 1.82) is 0 Å². The van der Waals surface area contributed by atoms with Gasteiger partial charge in [-0.25, -0.2) is 0 Å². The Labute approximate surface area is 155 Å². The van der Waals surface area contributed by atoms with Crippen molar-refractivity contribution < 1.29 is 4.92 Å². The molecule has 0 bridgehead atoms. The average molecular weight is 377 g/mol. The largest absolute Gasteiger partial charge is 0.392 e. The lowest BCUT2D eigenvalue weighted by Crippen LogP contribution is -2.11. The second-order valence-electron chi connectivity index (χ2n) is 5.27. The lowest BCUT2D eigenvalue weighted by molar-refractivity contribution is -0.384. The lowest BCUT2D eigenvalue weighted by atomic mass is 10.1. The van der Waals surface area contributed by atoms with Gasteiger partial charge in [0.15, 0.2) is 0 Å². The zero-order valence-electron chi connectivity index (χ0n) is 13.3. The van der Waals surface area contributed by atoms with Crippen LogP contribution in [0.1, 0.15) is 11.1 Å². The highest BCUT2D eigenvalue weighted by Gasteiger charge is 2.13. The Morgan fingerprint density at radius 2 is 2.04 bits per heavy atom. The van der Waals surface area contributed by atoms with Crippen LogP contribution in [0.2, 0.25) is 5.02 Å². The Bertz CT molecular complexity index is 794. The summed E-state index contributed by atoms with van der Waals surface area (Å²) in [5.41, 5.74) is 7.54. The SMILES string of the molecule is NC(=S)CN=Cc1ccc(NCCc2ccc(Cl)cc2)c([N+](=O)[O-])c1. The van der Waals surface area contributed by atoms with E-state index in [1.165, 1.54) is 12.3 Å². The molecule has 0 unspecified atom stereocenters.